The maximum Gasteiger partial charge on any atom is 0.0989 e. The fraction of sp³-hybridized carbons (Fsp3) is 1.00. The number of aliphatic hydroxyl groups is 3. The first-order valence-electron chi connectivity index (χ1n) is 4.43. The number of hydrogen-bond donors (Lipinski definition) is 4. The monoisotopic (exact) mass is 175 g/mol. The molecule has 12 heavy (non-hydrogen) atoms. The highest BCUT2D eigenvalue weighted by molar-refractivity contribution is 4.97. The van der Waals surface area contributed by atoms with Crippen molar-refractivity contribution in [2.45, 2.75) is 44.1 Å². The van der Waals surface area contributed by atoms with Gasteiger partial charge in [-0.25, -0.2) is 0 Å². The van der Waals surface area contributed by atoms with Crippen LogP contribution in [0.2, 0.25) is 0 Å². The Morgan fingerprint density at radius 1 is 1.17 bits per heavy atom. The lowest BCUT2D eigenvalue weighted by Crippen LogP contribution is -2.36. The predicted octanol–water partition coefficient (Wildman–Crippen LogP) is -1.16. The zero-order chi connectivity index (χ0) is 9.14. The van der Waals surface area contributed by atoms with Gasteiger partial charge in [-0.05, 0) is 6.42 Å². The molecule has 0 aliphatic carbocycles. The Balaban J connectivity index is 2.48. The van der Waals surface area contributed by atoms with Crippen molar-refractivity contribution in [3.63, 3.8) is 0 Å². The van der Waals surface area contributed by atoms with E-state index >= 15 is 0 Å². The standard InChI is InChI=1S/C8H17NO3/c1-2-3-5-7(11)8(12)6(4-10)9-5/h5-12H,2-4H2,1H3/t5-,6+,7-,8+/m0/s1. The van der Waals surface area contributed by atoms with Crippen LogP contribution in [0.25, 0.3) is 0 Å². The van der Waals surface area contributed by atoms with E-state index in [2.05, 4.69) is 5.32 Å². The molecule has 4 atom stereocenters. The van der Waals surface area contributed by atoms with Gasteiger partial charge in [0, 0.05) is 6.04 Å². The van der Waals surface area contributed by atoms with E-state index in [-0.39, 0.29) is 18.7 Å². The molecule has 4 nitrogen and oxygen atoms in total. The second kappa shape index (κ2) is 4.18. The maximum atomic E-state index is 9.47. The van der Waals surface area contributed by atoms with E-state index in [0.717, 1.165) is 12.8 Å². The summed E-state index contributed by atoms with van der Waals surface area (Å²) in [6, 6.07) is -0.432. The molecule has 0 radical (unpaired) electrons. The third kappa shape index (κ3) is 1.77. The van der Waals surface area contributed by atoms with Gasteiger partial charge in [0.15, 0.2) is 0 Å². The van der Waals surface area contributed by atoms with Crippen LogP contribution in [0.5, 0.6) is 0 Å². The summed E-state index contributed by atoms with van der Waals surface area (Å²) < 4.78 is 0. The van der Waals surface area contributed by atoms with Crippen molar-refractivity contribution in [2.75, 3.05) is 6.61 Å². The molecule has 1 aliphatic heterocycles. The highest BCUT2D eigenvalue weighted by Gasteiger charge is 2.39. The van der Waals surface area contributed by atoms with Crippen LogP contribution in [0.1, 0.15) is 19.8 Å². The van der Waals surface area contributed by atoms with E-state index in [1.165, 1.54) is 0 Å². The van der Waals surface area contributed by atoms with Crippen LogP contribution >= 0.6 is 0 Å². The summed E-state index contributed by atoms with van der Waals surface area (Å²) in [5, 5.41) is 30.6. The van der Waals surface area contributed by atoms with Crippen LogP contribution in [0, 0.1) is 0 Å². The minimum atomic E-state index is -0.827. The minimum absolute atomic E-state index is 0.0675. The van der Waals surface area contributed by atoms with Gasteiger partial charge >= 0.3 is 0 Å². The van der Waals surface area contributed by atoms with Gasteiger partial charge in [-0.15, -0.1) is 0 Å². The average molecular weight is 175 g/mol. The second-order valence-electron chi connectivity index (χ2n) is 3.33. The SMILES string of the molecule is CCC[C@@H]1N[C@H](CO)[C@@H](O)[C@H]1O. The lowest BCUT2D eigenvalue weighted by molar-refractivity contribution is 0.0188. The molecule has 1 rings (SSSR count). The summed E-state index contributed by atoms with van der Waals surface area (Å²) in [4.78, 5) is 0. The lowest BCUT2D eigenvalue weighted by Gasteiger charge is -2.14. The molecule has 0 aromatic carbocycles. The van der Waals surface area contributed by atoms with Crippen LogP contribution in [0.15, 0.2) is 0 Å². The van der Waals surface area contributed by atoms with Gasteiger partial charge in [0.1, 0.15) is 0 Å². The summed E-state index contributed by atoms with van der Waals surface area (Å²) in [7, 11) is 0. The summed E-state index contributed by atoms with van der Waals surface area (Å²) in [5.41, 5.74) is 0. The molecule has 72 valence electrons. The Kier molecular flexibility index (Phi) is 3.46. The first-order valence-corrected chi connectivity index (χ1v) is 4.43. The van der Waals surface area contributed by atoms with Crippen molar-refractivity contribution >= 4 is 0 Å². The zero-order valence-electron chi connectivity index (χ0n) is 7.27. The summed E-state index contributed by atoms with van der Waals surface area (Å²) >= 11 is 0. The van der Waals surface area contributed by atoms with Crippen molar-refractivity contribution in [1.82, 2.24) is 5.32 Å². The van der Waals surface area contributed by atoms with Crippen molar-refractivity contribution in [2.24, 2.45) is 0 Å². The molecule has 0 bridgehead atoms. The third-order valence-electron chi connectivity index (χ3n) is 2.40. The van der Waals surface area contributed by atoms with Gasteiger partial charge in [0.2, 0.25) is 0 Å². The van der Waals surface area contributed by atoms with Gasteiger partial charge < -0.3 is 20.6 Å². The minimum Gasteiger partial charge on any atom is -0.395 e. The number of nitrogens with one attached hydrogen (secondary N) is 1. The van der Waals surface area contributed by atoms with Crippen molar-refractivity contribution in [1.29, 1.82) is 0 Å². The van der Waals surface area contributed by atoms with Crippen LogP contribution in [-0.2, 0) is 0 Å². The molecular formula is C8H17NO3. The summed E-state index contributed by atoms with van der Waals surface area (Å²) in [5.74, 6) is 0. The van der Waals surface area contributed by atoms with Crippen LogP contribution in [0.4, 0.5) is 0 Å². The van der Waals surface area contributed by atoms with E-state index in [1.807, 2.05) is 6.92 Å². The highest BCUT2D eigenvalue weighted by Crippen LogP contribution is 2.17. The molecular weight excluding hydrogens is 158 g/mol. The molecule has 4 N–H and O–H groups in total. The van der Waals surface area contributed by atoms with Crippen molar-refractivity contribution in [3.05, 3.63) is 0 Å². The van der Waals surface area contributed by atoms with Crippen molar-refractivity contribution in [3.8, 4) is 0 Å². The molecule has 1 aliphatic rings. The van der Waals surface area contributed by atoms with Gasteiger partial charge in [-0.3, -0.25) is 0 Å². The fourth-order valence-electron chi connectivity index (χ4n) is 1.67. The van der Waals surface area contributed by atoms with E-state index in [4.69, 9.17) is 5.11 Å². The van der Waals surface area contributed by atoms with E-state index in [0.29, 0.717) is 0 Å². The van der Waals surface area contributed by atoms with Crippen molar-refractivity contribution < 1.29 is 15.3 Å². The lowest BCUT2D eigenvalue weighted by atomic mass is 10.1. The summed E-state index contributed by atoms with van der Waals surface area (Å²) in [6.45, 7) is 1.89. The molecule has 0 amide bonds. The zero-order valence-corrected chi connectivity index (χ0v) is 7.27. The van der Waals surface area contributed by atoms with Gasteiger partial charge in [-0.2, -0.15) is 0 Å². The third-order valence-corrected chi connectivity index (χ3v) is 2.40. The predicted molar refractivity (Wildman–Crippen MR) is 44.7 cm³/mol. The topological polar surface area (TPSA) is 72.7 Å². The Morgan fingerprint density at radius 2 is 1.75 bits per heavy atom. The van der Waals surface area contributed by atoms with Gasteiger partial charge in [-0.1, -0.05) is 13.3 Å². The highest BCUT2D eigenvalue weighted by atomic mass is 16.3. The van der Waals surface area contributed by atoms with Crippen LogP contribution < -0.4 is 5.32 Å². The number of hydrogen-bond acceptors (Lipinski definition) is 4. The smallest absolute Gasteiger partial charge is 0.0989 e. The average Bonchev–Trinajstić information content (AvgIpc) is 2.33. The van der Waals surface area contributed by atoms with Crippen LogP contribution in [0.3, 0.4) is 0 Å². The Morgan fingerprint density at radius 3 is 2.17 bits per heavy atom. The Bertz CT molecular complexity index is 142. The molecule has 0 aromatic rings. The first kappa shape index (κ1) is 9.92. The fourth-order valence-corrected chi connectivity index (χ4v) is 1.67. The molecule has 1 fully saturated rings. The number of rotatable bonds is 3. The van der Waals surface area contributed by atoms with Gasteiger partial charge in [0.25, 0.3) is 0 Å². The molecule has 0 aromatic heterocycles. The second-order valence-corrected chi connectivity index (χ2v) is 3.33. The largest absolute Gasteiger partial charge is 0.395 e. The first-order chi connectivity index (χ1) is 5.70. The molecule has 1 saturated heterocycles. The Labute approximate surface area is 72.2 Å². The van der Waals surface area contributed by atoms with E-state index < -0.39 is 12.2 Å². The van der Waals surface area contributed by atoms with Crippen LogP contribution in [-0.4, -0.2) is 46.2 Å². The Hall–Kier alpha value is -0.160. The molecule has 1 heterocycles. The molecule has 0 spiro atoms. The normalized spacial score (nSPS) is 42.0. The van der Waals surface area contributed by atoms with E-state index in [9.17, 15) is 10.2 Å². The van der Waals surface area contributed by atoms with Gasteiger partial charge in [0.05, 0.1) is 24.9 Å². The summed E-state index contributed by atoms with van der Waals surface area (Å²) in [6.07, 6.45) is 0.225. The molecule has 4 heteroatoms. The molecule has 0 unspecified atom stereocenters. The van der Waals surface area contributed by atoms with E-state index in [1.54, 1.807) is 0 Å². The number of aliphatic hydroxyl groups excluding tert-OH is 3. The quantitative estimate of drug-likeness (QED) is 0.436. The maximum absolute atomic E-state index is 9.47. The molecule has 0 saturated carbocycles.